The van der Waals surface area contributed by atoms with Crippen molar-refractivity contribution in [2.75, 3.05) is 39.0 Å². The van der Waals surface area contributed by atoms with Gasteiger partial charge < -0.3 is 5.32 Å². The van der Waals surface area contributed by atoms with Crippen molar-refractivity contribution in [3.05, 3.63) is 0 Å². The first kappa shape index (κ1) is 12.4. The summed E-state index contributed by atoms with van der Waals surface area (Å²) in [5, 5.41) is 3.21. The van der Waals surface area contributed by atoms with Gasteiger partial charge in [0.25, 0.3) is 0 Å². The molecule has 2 N–H and O–H groups in total. The van der Waals surface area contributed by atoms with Gasteiger partial charge in [0, 0.05) is 13.1 Å². The standard InChI is InChI=1S/C8H17N3O3S/c1-15(13,14)10-8(12)7-11-5-2-3-9-4-6-11/h9H,2-7H2,1H3,(H,10,12). The van der Waals surface area contributed by atoms with Crippen LogP contribution in [0.25, 0.3) is 0 Å². The van der Waals surface area contributed by atoms with Crippen molar-refractivity contribution in [3.63, 3.8) is 0 Å². The molecule has 1 rings (SSSR count). The lowest BCUT2D eigenvalue weighted by molar-refractivity contribution is -0.120. The minimum atomic E-state index is -3.43. The van der Waals surface area contributed by atoms with E-state index < -0.39 is 15.9 Å². The molecular formula is C8H17N3O3S. The van der Waals surface area contributed by atoms with E-state index in [9.17, 15) is 13.2 Å². The minimum absolute atomic E-state index is 0.148. The molecule has 15 heavy (non-hydrogen) atoms. The first-order valence-electron chi connectivity index (χ1n) is 4.91. The highest BCUT2D eigenvalue weighted by Crippen LogP contribution is 1.94. The molecule has 1 aliphatic heterocycles. The Hall–Kier alpha value is -0.660. The molecule has 1 heterocycles. The second kappa shape index (κ2) is 5.43. The van der Waals surface area contributed by atoms with Crippen molar-refractivity contribution < 1.29 is 13.2 Å². The summed E-state index contributed by atoms with van der Waals surface area (Å²) in [4.78, 5) is 13.2. The van der Waals surface area contributed by atoms with E-state index in [-0.39, 0.29) is 6.54 Å². The fourth-order valence-electron chi connectivity index (χ4n) is 1.50. The molecule has 6 nitrogen and oxygen atoms in total. The van der Waals surface area contributed by atoms with Gasteiger partial charge in [-0.3, -0.25) is 14.4 Å². The largest absolute Gasteiger partial charge is 0.315 e. The minimum Gasteiger partial charge on any atom is -0.315 e. The molecule has 1 fully saturated rings. The zero-order chi connectivity index (χ0) is 11.3. The molecule has 88 valence electrons. The number of nitrogens with one attached hydrogen (secondary N) is 2. The van der Waals surface area contributed by atoms with E-state index >= 15 is 0 Å². The number of hydrogen-bond acceptors (Lipinski definition) is 5. The maximum Gasteiger partial charge on any atom is 0.247 e. The second-order valence-electron chi connectivity index (χ2n) is 3.68. The molecule has 0 aromatic carbocycles. The first-order chi connectivity index (χ1) is 6.97. The summed E-state index contributed by atoms with van der Waals surface area (Å²) in [5.41, 5.74) is 0. The Morgan fingerprint density at radius 1 is 1.40 bits per heavy atom. The molecule has 0 aromatic rings. The summed E-state index contributed by atoms with van der Waals surface area (Å²) in [6.07, 6.45) is 1.96. The Bertz CT molecular complexity index is 307. The second-order valence-corrected chi connectivity index (χ2v) is 5.43. The quantitative estimate of drug-likeness (QED) is 0.613. The maximum atomic E-state index is 11.3. The van der Waals surface area contributed by atoms with E-state index in [4.69, 9.17) is 0 Å². The van der Waals surface area contributed by atoms with Crippen LogP contribution in [0, 0.1) is 0 Å². The monoisotopic (exact) mass is 235 g/mol. The van der Waals surface area contributed by atoms with Gasteiger partial charge in [0.1, 0.15) is 0 Å². The van der Waals surface area contributed by atoms with Gasteiger partial charge in [0.15, 0.2) is 0 Å². The van der Waals surface area contributed by atoms with Crippen LogP contribution in [-0.4, -0.2) is 58.2 Å². The smallest absolute Gasteiger partial charge is 0.247 e. The maximum absolute atomic E-state index is 11.3. The number of carbonyl (C=O) groups is 1. The lowest BCUT2D eigenvalue weighted by atomic mass is 10.4. The van der Waals surface area contributed by atoms with Gasteiger partial charge in [0.05, 0.1) is 12.8 Å². The number of sulfonamides is 1. The lowest BCUT2D eigenvalue weighted by Gasteiger charge is -2.17. The molecule has 1 saturated heterocycles. The topological polar surface area (TPSA) is 78.5 Å². The molecule has 1 aliphatic rings. The van der Waals surface area contributed by atoms with Gasteiger partial charge in [0.2, 0.25) is 15.9 Å². The van der Waals surface area contributed by atoms with Crippen molar-refractivity contribution in [3.8, 4) is 0 Å². The molecule has 0 radical (unpaired) electrons. The van der Waals surface area contributed by atoms with Crippen molar-refractivity contribution in [1.29, 1.82) is 0 Å². The number of carbonyl (C=O) groups excluding carboxylic acids is 1. The average Bonchev–Trinajstić information content (AvgIpc) is 2.28. The molecule has 0 bridgehead atoms. The summed E-state index contributed by atoms with van der Waals surface area (Å²) < 4.78 is 23.5. The lowest BCUT2D eigenvalue weighted by Crippen LogP contribution is -2.40. The summed E-state index contributed by atoms with van der Waals surface area (Å²) in [5.74, 6) is -0.459. The molecule has 0 atom stereocenters. The fraction of sp³-hybridized carbons (Fsp3) is 0.875. The van der Waals surface area contributed by atoms with Crippen LogP contribution in [0.15, 0.2) is 0 Å². The Morgan fingerprint density at radius 3 is 2.80 bits per heavy atom. The van der Waals surface area contributed by atoms with E-state index in [2.05, 4.69) is 5.32 Å². The van der Waals surface area contributed by atoms with Gasteiger partial charge >= 0.3 is 0 Å². The van der Waals surface area contributed by atoms with Crippen molar-refractivity contribution in [2.45, 2.75) is 6.42 Å². The van der Waals surface area contributed by atoms with Gasteiger partial charge in [-0.2, -0.15) is 0 Å². The zero-order valence-electron chi connectivity index (χ0n) is 8.82. The number of amides is 1. The molecule has 0 unspecified atom stereocenters. The average molecular weight is 235 g/mol. The predicted molar refractivity (Wildman–Crippen MR) is 56.9 cm³/mol. The number of nitrogens with zero attached hydrogens (tertiary/aromatic N) is 1. The molecule has 0 aliphatic carbocycles. The van der Waals surface area contributed by atoms with E-state index in [1.54, 1.807) is 0 Å². The Balaban J connectivity index is 2.36. The van der Waals surface area contributed by atoms with Gasteiger partial charge in [-0.15, -0.1) is 0 Å². The molecular weight excluding hydrogens is 218 g/mol. The molecule has 0 saturated carbocycles. The van der Waals surface area contributed by atoms with Crippen LogP contribution < -0.4 is 10.0 Å². The molecule has 7 heteroatoms. The number of rotatable bonds is 3. The summed E-state index contributed by atoms with van der Waals surface area (Å²) >= 11 is 0. The molecule has 0 spiro atoms. The Kier molecular flexibility index (Phi) is 4.49. The van der Waals surface area contributed by atoms with E-state index in [1.165, 1.54) is 0 Å². The van der Waals surface area contributed by atoms with Crippen LogP contribution >= 0.6 is 0 Å². The van der Waals surface area contributed by atoms with E-state index in [1.807, 2.05) is 9.62 Å². The fourth-order valence-corrected chi connectivity index (χ4v) is 1.98. The van der Waals surface area contributed by atoms with Gasteiger partial charge in [-0.05, 0) is 19.5 Å². The Labute approximate surface area is 90.1 Å². The summed E-state index contributed by atoms with van der Waals surface area (Å²) in [6.45, 7) is 3.53. The van der Waals surface area contributed by atoms with Crippen LogP contribution in [0.3, 0.4) is 0 Å². The van der Waals surface area contributed by atoms with Crippen LogP contribution in [0.1, 0.15) is 6.42 Å². The van der Waals surface area contributed by atoms with Crippen LogP contribution in [0.2, 0.25) is 0 Å². The predicted octanol–water partition coefficient (Wildman–Crippen LogP) is -1.64. The third kappa shape index (κ3) is 5.71. The van der Waals surface area contributed by atoms with Gasteiger partial charge in [-0.25, -0.2) is 8.42 Å². The van der Waals surface area contributed by atoms with E-state index in [0.717, 1.165) is 38.9 Å². The van der Waals surface area contributed by atoms with Crippen LogP contribution in [-0.2, 0) is 14.8 Å². The zero-order valence-corrected chi connectivity index (χ0v) is 9.64. The third-order valence-electron chi connectivity index (χ3n) is 2.10. The highest BCUT2D eigenvalue weighted by molar-refractivity contribution is 7.89. The number of hydrogen-bond donors (Lipinski definition) is 2. The van der Waals surface area contributed by atoms with Crippen LogP contribution in [0.5, 0.6) is 0 Å². The highest BCUT2D eigenvalue weighted by atomic mass is 32.2. The van der Waals surface area contributed by atoms with Gasteiger partial charge in [-0.1, -0.05) is 0 Å². The van der Waals surface area contributed by atoms with Crippen molar-refractivity contribution >= 4 is 15.9 Å². The van der Waals surface area contributed by atoms with E-state index in [0.29, 0.717) is 0 Å². The molecule has 0 aromatic heterocycles. The Morgan fingerprint density at radius 2 is 2.13 bits per heavy atom. The summed E-state index contributed by atoms with van der Waals surface area (Å²) in [7, 11) is -3.43. The molecule has 1 amide bonds. The highest BCUT2D eigenvalue weighted by Gasteiger charge is 2.14. The summed E-state index contributed by atoms with van der Waals surface area (Å²) in [6, 6.07) is 0. The van der Waals surface area contributed by atoms with Crippen molar-refractivity contribution in [2.24, 2.45) is 0 Å². The SMILES string of the molecule is CS(=O)(=O)NC(=O)CN1CCCNCC1. The third-order valence-corrected chi connectivity index (χ3v) is 2.70. The first-order valence-corrected chi connectivity index (χ1v) is 6.80. The van der Waals surface area contributed by atoms with Crippen LogP contribution in [0.4, 0.5) is 0 Å². The van der Waals surface area contributed by atoms with Crippen molar-refractivity contribution in [1.82, 2.24) is 14.9 Å². The normalized spacial score (nSPS) is 19.5.